The molecule has 20 heavy (non-hydrogen) atoms. The maximum absolute atomic E-state index is 6.10. The highest BCUT2D eigenvalue weighted by Crippen LogP contribution is 2.36. The van der Waals surface area contributed by atoms with E-state index >= 15 is 0 Å². The molecule has 0 aliphatic carbocycles. The van der Waals surface area contributed by atoms with E-state index < -0.39 is 16.4 Å². The van der Waals surface area contributed by atoms with Crippen LogP contribution in [0.25, 0.3) is 0 Å². The van der Waals surface area contributed by atoms with Gasteiger partial charge in [0.25, 0.3) is 0 Å². The van der Waals surface area contributed by atoms with Crippen molar-refractivity contribution >= 4 is 16.4 Å². The molecular formula is C17H32OSi2. The van der Waals surface area contributed by atoms with Crippen molar-refractivity contribution in [2.75, 3.05) is 6.61 Å². The normalized spacial score (nSPS) is 14.3. The molecule has 0 amide bonds. The average molecular weight is 309 g/mol. The molecule has 0 heterocycles. The average Bonchev–Trinajstić information content (AvgIpc) is 2.21. The highest BCUT2D eigenvalue weighted by Gasteiger charge is 2.36. The molecule has 0 saturated heterocycles. The fourth-order valence-electron chi connectivity index (χ4n) is 1.12. The van der Waals surface area contributed by atoms with Gasteiger partial charge in [-0.05, 0) is 36.7 Å². The SMILES string of the molecule is CC(=C/C#C[Si](C)(C)C)/C=C/CO[Si](C)(C)C(C)(C)C. The zero-order chi connectivity index (χ0) is 16.0. The van der Waals surface area contributed by atoms with Gasteiger partial charge in [-0.15, -0.1) is 5.54 Å². The minimum Gasteiger partial charge on any atom is -0.413 e. The Kier molecular flexibility index (Phi) is 7.23. The second-order valence-electron chi connectivity index (χ2n) is 7.88. The van der Waals surface area contributed by atoms with Gasteiger partial charge in [-0.25, -0.2) is 0 Å². The van der Waals surface area contributed by atoms with Crippen molar-refractivity contribution in [3.63, 3.8) is 0 Å². The fourth-order valence-corrected chi connectivity index (χ4v) is 2.57. The summed E-state index contributed by atoms with van der Waals surface area (Å²) in [5, 5.41) is 0.272. The van der Waals surface area contributed by atoms with E-state index in [1.165, 1.54) is 5.57 Å². The van der Waals surface area contributed by atoms with Crippen LogP contribution >= 0.6 is 0 Å². The van der Waals surface area contributed by atoms with E-state index in [1.54, 1.807) is 0 Å². The molecule has 1 nitrogen and oxygen atoms in total. The third-order valence-electron chi connectivity index (χ3n) is 3.47. The summed E-state index contributed by atoms with van der Waals surface area (Å²) in [6.07, 6.45) is 6.20. The Hall–Kier alpha value is -0.566. The second kappa shape index (κ2) is 7.44. The maximum Gasteiger partial charge on any atom is 0.192 e. The maximum atomic E-state index is 6.10. The predicted octanol–water partition coefficient (Wildman–Crippen LogP) is 5.39. The lowest BCUT2D eigenvalue weighted by Gasteiger charge is -2.35. The second-order valence-corrected chi connectivity index (χ2v) is 17.4. The summed E-state index contributed by atoms with van der Waals surface area (Å²) in [6, 6.07) is 0. The highest BCUT2D eigenvalue weighted by molar-refractivity contribution is 6.83. The Morgan fingerprint density at radius 3 is 2.10 bits per heavy atom. The first-order valence-corrected chi connectivity index (χ1v) is 13.8. The zero-order valence-electron chi connectivity index (χ0n) is 14.8. The van der Waals surface area contributed by atoms with Crippen molar-refractivity contribution in [1.29, 1.82) is 0 Å². The smallest absolute Gasteiger partial charge is 0.192 e. The van der Waals surface area contributed by atoms with E-state index in [-0.39, 0.29) is 5.04 Å². The Morgan fingerprint density at radius 2 is 1.65 bits per heavy atom. The molecule has 0 spiro atoms. The topological polar surface area (TPSA) is 9.23 Å². The van der Waals surface area contributed by atoms with Crippen LogP contribution in [-0.4, -0.2) is 23.0 Å². The van der Waals surface area contributed by atoms with Crippen LogP contribution in [0, 0.1) is 11.5 Å². The van der Waals surface area contributed by atoms with Gasteiger partial charge in [-0.3, -0.25) is 0 Å². The van der Waals surface area contributed by atoms with Gasteiger partial charge in [0, 0.05) is 0 Å². The van der Waals surface area contributed by atoms with Gasteiger partial charge < -0.3 is 4.43 Å². The van der Waals surface area contributed by atoms with Crippen molar-refractivity contribution in [1.82, 2.24) is 0 Å². The molecule has 0 saturated carbocycles. The molecule has 114 valence electrons. The van der Waals surface area contributed by atoms with Crippen molar-refractivity contribution in [3.05, 3.63) is 23.8 Å². The third kappa shape index (κ3) is 8.57. The molecule has 0 bridgehead atoms. The van der Waals surface area contributed by atoms with Gasteiger partial charge in [0.1, 0.15) is 8.07 Å². The number of hydrogen-bond donors (Lipinski definition) is 0. The molecule has 0 unspecified atom stereocenters. The Balaban J connectivity index is 4.40. The van der Waals surface area contributed by atoms with Crippen LogP contribution < -0.4 is 0 Å². The molecule has 0 rings (SSSR count). The van der Waals surface area contributed by atoms with Crippen LogP contribution in [0.5, 0.6) is 0 Å². The zero-order valence-corrected chi connectivity index (χ0v) is 16.8. The molecule has 3 heteroatoms. The number of allylic oxidation sites excluding steroid dienone is 3. The first-order valence-electron chi connectivity index (χ1n) is 7.35. The Labute approximate surface area is 128 Å². The van der Waals surface area contributed by atoms with E-state index in [2.05, 4.69) is 84.0 Å². The molecular weight excluding hydrogens is 276 g/mol. The van der Waals surface area contributed by atoms with Crippen LogP contribution in [0.3, 0.4) is 0 Å². The van der Waals surface area contributed by atoms with E-state index in [0.29, 0.717) is 6.61 Å². The quantitative estimate of drug-likeness (QED) is 0.384. The number of hydrogen-bond acceptors (Lipinski definition) is 1. The van der Waals surface area contributed by atoms with E-state index in [9.17, 15) is 0 Å². The minimum atomic E-state index is -1.62. The third-order valence-corrected chi connectivity index (χ3v) is 8.87. The fraction of sp³-hybridized carbons (Fsp3) is 0.647. The molecule has 0 aliphatic heterocycles. The van der Waals surface area contributed by atoms with E-state index in [0.717, 1.165) is 0 Å². The first-order chi connectivity index (χ1) is 8.85. The summed E-state index contributed by atoms with van der Waals surface area (Å²) in [4.78, 5) is 0. The summed E-state index contributed by atoms with van der Waals surface area (Å²) in [7, 11) is -2.88. The van der Waals surface area contributed by atoms with Crippen molar-refractivity contribution < 1.29 is 4.43 Å². The Bertz CT molecular complexity index is 421. The molecule has 0 N–H and O–H groups in total. The van der Waals surface area contributed by atoms with Gasteiger partial charge in [0.2, 0.25) is 0 Å². The van der Waals surface area contributed by atoms with Crippen LogP contribution in [0.15, 0.2) is 23.8 Å². The molecule has 0 aromatic heterocycles. The minimum absolute atomic E-state index is 0.272. The van der Waals surface area contributed by atoms with Gasteiger partial charge in [0.15, 0.2) is 8.32 Å². The largest absolute Gasteiger partial charge is 0.413 e. The van der Waals surface area contributed by atoms with Crippen molar-refractivity contribution in [3.8, 4) is 11.5 Å². The van der Waals surface area contributed by atoms with Crippen LogP contribution in [0.4, 0.5) is 0 Å². The summed E-state index contributed by atoms with van der Waals surface area (Å²) in [5.41, 5.74) is 4.53. The van der Waals surface area contributed by atoms with Crippen molar-refractivity contribution in [2.45, 2.75) is 65.5 Å². The molecule has 0 radical (unpaired) electrons. The first kappa shape index (κ1) is 19.4. The highest BCUT2D eigenvalue weighted by atomic mass is 28.4. The summed E-state index contributed by atoms with van der Waals surface area (Å²) >= 11 is 0. The van der Waals surface area contributed by atoms with Gasteiger partial charge in [-0.1, -0.05) is 58.5 Å². The summed E-state index contributed by atoms with van der Waals surface area (Å²) < 4.78 is 6.10. The van der Waals surface area contributed by atoms with Gasteiger partial charge >= 0.3 is 0 Å². The van der Waals surface area contributed by atoms with E-state index in [1.807, 2.05) is 6.08 Å². The summed E-state index contributed by atoms with van der Waals surface area (Å²) in [6.45, 7) is 20.9. The number of rotatable bonds is 4. The van der Waals surface area contributed by atoms with Crippen molar-refractivity contribution in [2.24, 2.45) is 0 Å². The molecule has 0 atom stereocenters. The lowest BCUT2D eigenvalue weighted by Crippen LogP contribution is -2.40. The van der Waals surface area contributed by atoms with E-state index in [4.69, 9.17) is 4.43 Å². The lowest BCUT2D eigenvalue weighted by atomic mass is 10.2. The molecule has 0 fully saturated rings. The molecule has 0 aromatic rings. The summed E-state index contributed by atoms with van der Waals surface area (Å²) in [5.74, 6) is 3.17. The molecule has 0 aliphatic rings. The Morgan fingerprint density at radius 1 is 1.10 bits per heavy atom. The van der Waals surface area contributed by atoms with Crippen LogP contribution in [-0.2, 0) is 4.43 Å². The monoisotopic (exact) mass is 308 g/mol. The van der Waals surface area contributed by atoms with Crippen LogP contribution in [0.1, 0.15) is 27.7 Å². The van der Waals surface area contributed by atoms with Gasteiger partial charge in [0.05, 0.1) is 6.61 Å². The molecule has 0 aromatic carbocycles. The standard InChI is InChI=1S/C17H32OSi2/c1-16(13-11-15-19(5,6)7)12-10-14-18-20(8,9)17(2,3)4/h10,12-13H,14H2,1-9H3/b12-10+,16-13-. The predicted molar refractivity (Wildman–Crippen MR) is 97.2 cm³/mol. The van der Waals surface area contributed by atoms with Crippen LogP contribution in [0.2, 0.25) is 37.8 Å². The lowest BCUT2D eigenvalue weighted by molar-refractivity contribution is 0.328. The van der Waals surface area contributed by atoms with Gasteiger partial charge in [-0.2, -0.15) is 0 Å².